The molecule has 1 heterocycles. The summed E-state index contributed by atoms with van der Waals surface area (Å²) >= 11 is 0. The second kappa shape index (κ2) is 6.03. The third-order valence-corrected chi connectivity index (χ3v) is 3.89. The van der Waals surface area contributed by atoms with Gasteiger partial charge in [0, 0.05) is 24.6 Å². The Hall–Kier alpha value is -2.60. The number of aryl methyl sites for hydroxylation is 1. The van der Waals surface area contributed by atoms with E-state index < -0.39 is 0 Å². The quantitative estimate of drug-likeness (QED) is 0.684. The van der Waals surface area contributed by atoms with Gasteiger partial charge in [-0.25, -0.2) is 4.39 Å². The predicted molar refractivity (Wildman–Crippen MR) is 83.6 cm³/mol. The van der Waals surface area contributed by atoms with Gasteiger partial charge >= 0.3 is 0 Å². The predicted octanol–water partition coefficient (Wildman–Crippen LogP) is 3.07. The van der Waals surface area contributed by atoms with Crippen molar-refractivity contribution in [3.8, 4) is 11.8 Å². The number of halogens is 1. The van der Waals surface area contributed by atoms with Gasteiger partial charge in [0.05, 0.1) is 0 Å². The van der Waals surface area contributed by atoms with Crippen LogP contribution < -0.4 is 0 Å². The van der Waals surface area contributed by atoms with Gasteiger partial charge in [-0.3, -0.25) is 4.79 Å². The Labute approximate surface area is 129 Å². The Bertz CT molecular complexity index is 786. The average molecular weight is 293 g/mol. The van der Waals surface area contributed by atoms with E-state index in [-0.39, 0.29) is 11.7 Å². The number of fused-ring (bicyclic) bond motifs is 1. The number of carbonyl (C=O) groups excluding carboxylic acids is 1. The molecule has 2 aromatic carbocycles. The first-order chi connectivity index (χ1) is 10.6. The molecule has 0 spiro atoms. The monoisotopic (exact) mass is 293 g/mol. The molecule has 2 nitrogen and oxygen atoms in total. The van der Waals surface area contributed by atoms with Crippen molar-refractivity contribution in [2.24, 2.45) is 0 Å². The van der Waals surface area contributed by atoms with Gasteiger partial charge in [-0.2, -0.15) is 0 Å². The summed E-state index contributed by atoms with van der Waals surface area (Å²) in [6.07, 6.45) is 0.860. The molecule has 0 saturated heterocycles. The van der Waals surface area contributed by atoms with Gasteiger partial charge in [-0.1, -0.05) is 30.2 Å². The molecule has 3 rings (SSSR count). The van der Waals surface area contributed by atoms with Crippen molar-refractivity contribution in [3.63, 3.8) is 0 Å². The first kappa shape index (κ1) is 14.3. The summed E-state index contributed by atoms with van der Waals surface area (Å²) in [4.78, 5) is 14.0. The fourth-order valence-corrected chi connectivity index (χ4v) is 2.60. The van der Waals surface area contributed by atoms with E-state index in [4.69, 9.17) is 0 Å². The first-order valence-corrected chi connectivity index (χ1v) is 7.27. The van der Waals surface area contributed by atoms with E-state index in [1.54, 1.807) is 24.0 Å². The Balaban J connectivity index is 1.73. The minimum absolute atomic E-state index is 0.184. The smallest absolute Gasteiger partial charge is 0.299 e. The van der Waals surface area contributed by atoms with E-state index in [9.17, 15) is 9.18 Å². The van der Waals surface area contributed by atoms with Crippen LogP contribution in [0.1, 0.15) is 22.3 Å². The Kier molecular flexibility index (Phi) is 3.93. The molecule has 0 atom stereocenters. The number of hydrogen-bond donors (Lipinski definition) is 0. The van der Waals surface area contributed by atoms with Gasteiger partial charge in [-0.15, -0.1) is 0 Å². The van der Waals surface area contributed by atoms with E-state index in [1.165, 1.54) is 17.2 Å². The highest BCUT2D eigenvalue weighted by atomic mass is 19.1. The van der Waals surface area contributed by atoms with Crippen LogP contribution in [0.15, 0.2) is 42.5 Å². The maximum absolute atomic E-state index is 13.2. The lowest BCUT2D eigenvalue weighted by molar-refractivity contribution is -0.125. The molecule has 110 valence electrons. The second-order valence-corrected chi connectivity index (χ2v) is 5.46. The fourth-order valence-electron chi connectivity index (χ4n) is 2.60. The normalized spacial score (nSPS) is 13.1. The van der Waals surface area contributed by atoms with Gasteiger partial charge in [-0.05, 0) is 48.2 Å². The van der Waals surface area contributed by atoms with Crippen LogP contribution in [-0.2, 0) is 17.8 Å². The molecule has 0 aromatic heterocycles. The zero-order valence-electron chi connectivity index (χ0n) is 12.4. The van der Waals surface area contributed by atoms with Crippen LogP contribution in [0.5, 0.6) is 0 Å². The van der Waals surface area contributed by atoms with Crippen LogP contribution in [0.4, 0.5) is 4.39 Å². The summed E-state index contributed by atoms with van der Waals surface area (Å²) in [5.41, 5.74) is 3.67. The second-order valence-electron chi connectivity index (χ2n) is 5.46. The Morgan fingerprint density at radius 2 is 1.95 bits per heavy atom. The van der Waals surface area contributed by atoms with Crippen molar-refractivity contribution in [2.75, 3.05) is 6.54 Å². The lowest BCUT2D eigenvalue weighted by Crippen LogP contribution is -2.35. The topological polar surface area (TPSA) is 20.3 Å². The number of carbonyl (C=O) groups is 1. The molecule has 1 aliphatic rings. The van der Waals surface area contributed by atoms with Crippen molar-refractivity contribution < 1.29 is 9.18 Å². The average Bonchev–Trinajstić information content (AvgIpc) is 2.55. The molecular formula is C19H16FNO. The zero-order valence-corrected chi connectivity index (χ0v) is 12.4. The summed E-state index contributed by atoms with van der Waals surface area (Å²) in [6.45, 7) is 2.98. The lowest BCUT2D eigenvalue weighted by Gasteiger charge is -2.27. The van der Waals surface area contributed by atoms with Crippen LogP contribution in [0.25, 0.3) is 0 Å². The lowest BCUT2D eigenvalue weighted by atomic mass is 10.00. The van der Waals surface area contributed by atoms with Crippen LogP contribution in [0, 0.1) is 24.6 Å². The van der Waals surface area contributed by atoms with Crippen molar-refractivity contribution in [1.29, 1.82) is 0 Å². The van der Waals surface area contributed by atoms with Crippen molar-refractivity contribution in [1.82, 2.24) is 4.90 Å². The van der Waals surface area contributed by atoms with Crippen LogP contribution in [-0.4, -0.2) is 17.4 Å². The molecule has 0 aliphatic carbocycles. The van der Waals surface area contributed by atoms with Crippen LogP contribution >= 0.6 is 0 Å². The highest BCUT2D eigenvalue weighted by Crippen LogP contribution is 2.18. The highest BCUT2D eigenvalue weighted by molar-refractivity contribution is 5.94. The fraction of sp³-hybridized carbons (Fsp3) is 0.211. The van der Waals surface area contributed by atoms with Gasteiger partial charge in [0.2, 0.25) is 0 Å². The molecule has 2 aromatic rings. The van der Waals surface area contributed by atoms with Crippen molar-refractivity contribution in [2.45, 2.75) is 19.9 Å². The molecule has 1 aliphatic heterocycles. The molecule has 0 bridgehead atoms. The van der Waals surface area contributed by atoms with Gasteiger partial charge in [0.1, 0.15) is 5.82 Å². The molecule has 0 radical (unpaired) electrons. The Morgan fingerprint density at radius 3 is 2.73 bits per heavy atom. The molecule has 0 fully saturated rings. The number of nitrogens with zero attached hydrogens (tertiary/aromatic N) is 1. The van der Waals surface area contributed by atoms with E-state index in [2.05, 4.69) is 17.9 Å². The van der Waals surface area contributed by atoms with Crippen molar-refractivity contribution >= 4 is 5.91 Å². The summed E-state index contributed by atoms with van der Waals surface area (Å²) in [5, 5.41) is 0. The molecule has 3 heteroatoms. The number of hydrogen-bond acceptors (Lipinski definition) is 1. The Morgan fingerprint density at radius 1 is 1.18 bits per heavy atom. The summed E-state index contributed by atoms with van der Waals surface area (Å²) in [6, 6.07) is 12.8. The van der Waals surface area contributed by atoms with Crippen molar-refractivity contribution in [3.05, 3.63) is 70.5 Å². The minimum atomic E-state index is -0.260. The van der Waals surface area contributed by atoms with Crippen LogP contribution in [0.3, 0.4) is 0 Å². The minimum Gasteiger partial charge on any atom is -0.327 e. The third kappa shape index (κ3) is 3.01. The van der Waals surface area contributed by atoms with E-state index in [1.807, 2.05) is 18.2 Å². The van der Waals surface area contributed by atoms with E-state index >= 15 is 0 Å². The number of benzene rings is 2. The molecule has 0 N–H and O–H groups in total. The molecule has 22 heavy (non-hydrogen) atoms. The molecular weight excluding hydrogens is 277 g/mol. The van der Waals surface area contributed by atoms with Gasteiger partial charge < -0.3 is 4.90 Å². The standard InChI is InChI=1S/C19H16FNO/c1-14-12-15(6-8-18(14)20)7-9-19(22)21-11-10-16-4-2-3-5-17(16)13-21/h2-6,8,12H,10-11,13H2,1H3. The zero-order chi connectivity index (χ0) is 15.5. The summed E-state index contributed by atoms with van der Waals surface area (Å²) in [5.74, 6) is 5.04. The molecule has 0 unspecified atom stereocenters. The number of rotatable bonds is 0. The molecule has 1 amide bonds. The van der Waals surface area contributed by atoms with Gasteiger partial charge in [0.15, 0.2) is 0 Å². The van der Waals surface area contributed by atoms with Crippen LogP contribution in [0.2, 0.25) is 0 Å². The maximum Gasteiger partial charge on any atom is 0.299 e. The summed E-state index contributed by atoms with van der Waals surface area (Å²) < 4.78 is 13.2. The number of amides is 1. The van der Waals surface area contributed by atoms with E-state index in [0.29, 0.717) is 24.2 Å². The molecule has 0 saturated carbocycles. The SMILES string of the molecule is Cc1cc(C#CC(=O)N2CCc3ccccc3C2)ccc1F. The maximum atomic E-state index is 13.2. The summed E-state index contributed by atoms with van der Waals surface area (Å²) in [7, 11) is 0. The van der Waals surface area contributed by atoms with Gasteiger partial charge in [0.25, 0.3) is 5.91 Å². The third-order valence-electron chi connectivity index (χ3n) is 3.89. The van der Waals surface area contributed by atoms with E-state index in [0.717, 1.165) is 6.42 Å². The largest absolute Gasteiger partial charge is 0.327 e. The first-order valence-electron chi connectivity index (χ1n) is 7.27. The highest BCUT2D eigenvalue weighted by Gasteiger charge is 2.18.